The monoisotopic (exact) mass is 253 g/mol. The molecule has 5 N–H and O–H groups in total. The Balaban J connectivity index is 2.59. The van der Waals surface area contributed by atoms with Crippen LogP contribution in [0.2, 0.25) is 0 Å². The van der Waals surface area contributed by atoms with Crippen molar-refractivity contribution in [2.75, 3.05) is 11.9 Å². The standard InChI is InChI=1S/C10H15N5OS/c1-6-5-7(9(12)17)15-10(14-6)13-4-2-3-8(11)16/h5H,2-4H2,1H3,(H2,11,16)(H2,12,17)(H,13,14,15). The lowest BCUT2D eigenvalue weighted by Crippen LogP contribution is -2.16. The van der Waals surface area contributed by atoms with Gasteiger partial charge in [0.25, 0.3) is 0 Å². The predicted octanol–water partition coefficient (Wildman–Crippen LogP) is 0.0966. The van der Waals surface area contributed by atoms with Crippen LogP contribution in [-0.4, -0.2) is 27.4 Å². The molecule has 17 heavy (non-hydrogen) atoms. The summed E-state index contributed by atoms with van der Waals surface area (Å²) < 4.78 is 0. The fourth-order valence-electron chi connectivity index (χ4n) is 1.24. The summed E-state index contributed by atoms with van der Waals surface area (Å²) in [4.78, 5) is 19.1. The molecule has 7 heteroatoms. The smallest absolute Gasteiger partial charge is 0.223 e. The van der Waals surface area contributed by atoms with E-state index in [0.717, 1.165) is 5.69 Å². The molecule has 0 saturated carbocycles. The lowest BCUT2D eigenvalue weighted by atomic mass is 10.3. The van der Waals surface area contributed by atoms with Gasteiger partial charge in [0.15, 0.2) is 0 Å². The summed E-state index contributed by atoms with van der Waals surface area (Å²) in [5.74, 6) is 0.137. The van der Waals surface area contributed by atoms with E-state index in [9.17, 15) is 4.79 Å². The summed E-state index contributed by atoms with van der Waals surface area (Å²) in [6.45, 7) is 2.40. The van der Waals surface area contributed by atoms with Crippen molar-refractivity contribution in [3.63, 3.8) is 0 Å². The van der Waals surface area contributed by atoms with E-state index in [0.29, 0.717) is 31.0 Å². The molecule has 1 aromatic rings. The number of carbonyl (C=O) groups is 1. The summed E-state index contributed by atoms with van der Waals surface area (Å²) in [5.41, 5.74) is 11.8. The van der Waals surface area contributed by atoms with Gasteiger partial charge in [-0.15, -0.1) is 0 Å². The molecular weight excluding hydrogens is 238 g/mol. The van der Waals surface area contributed by atoms with Gasteiger partial charge in [0.2, 0.25) is 11.9 Å². The second-order valence-electron chi connectivity index (χ2n) is 3.58. The molecule has 0 bridgehead atoms. The van der Waals surface area contributed by atoms with Gasteiger partial charge in [0.1, 0.15) is 10.7 Å². The molecule has 0 unspecified atom stereocenters. The Labute approximate surface area is 105 Å². The molecule has 0 aromatic carbocycles. The molecule has 92 valence electrons. The molecule has 6 nitrogen and oxygen atoms in total. The van der Waals surface area contributed by atoms with E-state index in [2.05, 4.69) is 15.3 Å². The highest BCUT2D eigenvalue weighted by atomic mass is 32.1. The van der Waals surface area contributed by atoms with E-state index in [4.69, 9.17) is 23.7 Å². The van der Waals surface area contributed by atoms with Crippen LogP contribution in [0.25, 0.3) is 0 Å². The van der Waals surface area contributed by atoms with Crippen molar-refractivity contribution in [3.8, 4) is 0 Å². The van der Waals surface area contributed by atoms with Crippen LogP contribution >= 0.6 is 12.2 Å². The van der Waals surface area contributed by atoms with Gasteiger partial charge in [-0.3, -0.25) is 4.79 Å². The maximum absolute atomic E-state index is 10.5. The lowest BCUT2D eigenvalue weighted by Gasteiger charge is -2.06. The van der Waals surface area contributed by atoms with Crippen molar-refractivity contribution >= 4 is 29.1 Å². The number of anilines is 1. The van der Waals surface area contributed by atoms with Gasteiger partial charge in [0.05, 0.1) is 0 Å². The molecule has 1 rings (SSSR count). The first kappa shape index (κ1) is 13.3. The Kier molecular flexibility index (Phi) is 4.77. The van der Waals surface area contributed by atoms with E-state index < -0.39 is 0 Å². The van der Waals surface area contributed by atoms with Gasteiger partial charge >= 0.3 is 0 Å². The third kappa shape index (κ3) is 4.73. The largest absolute Gasteiger partial charge is 0.388 e. The summed E-state index contributed by atoms with van der Waals surface area (Å²) in [6, 6.07) is 1.72. The van der Waals surface area contributed by atoms with Crippen molar-refractivity contribution in [2.24, 2.45) is 11.5 Å². The Bertz CT molecular complexity index is 435. The van der Waals surface area contributed by atoms with Gasteiger partial charge in [-0.05, 0) is 19.4 Å². The van der Waals surface area contributed by atoms with E-state index in [1.165, 1.54) is 0 Å². The number of nitrogens with zero attached hydrogens (tertiary/aromatic N) is 2. The second kappa shape index (κ2) is 6.09. The van der Waals surface area contributed by atoms with Gasteiger partial charge in [-0.25, -0.2) is 9.97 Å². The minimum atomic E-state index is -0.319. The molecule has 0 atom stereocenters. The number of rotatable bonds is 6. The highest BCUT2D eigenvalue weighted by Crippen LogP contribution is 2.05. The lowest BCUT2D eigenvalue weighted by molar-refractivity contribution is -0.118. The molecule has 0 aliphatic heterocycles. The highest BCUT2D eigenvalue weighted by Gasteiger charge is 2.04. The number of nitrogens with two attached hydrogens (primary N) is 2. The Morgan fingerprint density at radius 3 is 2.76 bits per heavy atom. The fourth-order valence-corrected chi connectivity index (χ4v) is 1.34. The topological polar surface area (TPSA) is 107 Å². The number of amides is 1. The van der Waals surface area contributed by atoms with Crippen LogP contribution in [0.5, 0.6) is 0 Å². The average molecular weight is 253 g/mol. The number of aromatic nitrogens is 2. The summed E-state index contributed by atoms with van der Waals surface area (Å²) in [5, 5.41) is 2.99. The van der Waals surface area contributed by atoms with Crippen molar-refractivity contribution in [2.45, 2.75) is 19.8 Å². The minimum absolute atomic E-state index is 0.232. The number of thiocarbonyl (C=S) groups is 1. The van der Waals surface area contributed by atoms with Gasteiger partial charge in [-0.2, -0.15) is 0 Å². The molecule has 1 aromatic heterocycles. The van der Waals surface area contributed by atoms with Crippen molar-refractivity contribution in [3.05, 3.63) is 17.5 Å². The van der Waals surface area contributed by atoms with Crippen LogP contribution in [0.3, 0.4) is 0 Å². The fraction of sp³-hybridized carbons (Fsp3) is 0.400. The van der Waals surface area contributed by atoms with Crippen LogP contribution in [0.1, 0.15) is 24.2 Å². The number of carbonyl (C=O) groups excluding carboxylic acids is 1. The van der Waals surface area contributed by atoms with Crippen molar-refractivity contribution in [1.82, 2.24) is 9.97 Å². The van der Waals surface area contributed by atoms with E-state index in [-0.39, 0.29) is 10.9 Å². The number of hydrogen-bond acceptors (Lipinski definition) is 5. The van der Waals surface area contributed by atoms with Crippen LogP contribution in [0.4, 0.5) is 5.95 Å². The summed E-state index contributed by atoms with van der Waals surface area (Å²) in [6.07, 6.45) is 0.968. The molecule has 0 radical (unpaired) electrons. The third-order valence-electron chi connectivity index (χ3n) is 1.99. The van der Waals surface area contributed by atoms with E-state index >= 15 is 0 Å². The predicted molar refractivity (Wildman–Crippen MR) is 69.6 cm³/mol. The number of hydrogen-bond donors (Lipinski definition) is 3. The second-order valence-corrected chi connectivity index (χ2v) is 4.02. The van der Waals surface area contributed by atoms with Gasteiger partial charge in [-0.1, -0.05) is 12.2 Å². The van der Waals surface area contributed by atoms with Crippen LogP contribution in [0.15, 0.2) is 6.07 Å². The molecule has 0 fully saturated rings. The maximum atomic E-state index is 10.5. The zero-order valence-electron chi connectivity index (χ0n) is 9.56. The molecule has 1 amide bonds. The quantitative estimate of drug-likeness (QED) is 0.490. The zero-order chi connectivity index (χ0) is 12.8. The van der Waals surface area contributed by atoms with Crippen LogP contribution in [0, 0.1) is 6.92 Å². The van der Waals surface area contributed by atoms with Crippen LogP contribution in [-0.2, 0) is 4.79 Å². The Hall–Kier alpha value is -1.76. The van der Waals surface area contributed by atoms with Gasteiger partial charge in [0, 0.05) is 18.7 Å². The van der Waals surface area contributed by atoms with E-state index in [1.807, 2.05) is 6.92 Å². The SMILES string of the molecule is Cc1cc(C(N)=S)nc(NCCCC(N)=O)n1. The summed E-state index contributed by atoms with van der Waals surface area (Å²) in [7, 11) is 0. The van der Waals surface area contributed by atoms with Crippen molar-refractivity contribution < 1.29 is 4.79 Å². The normalized spacial score (nSPS) is 9.94. The zero-order valence-corrected chi connectivity index (χ0v) is 10.4. The minimum Gasteiger partial charge on any atom is -0.388 e. The van der Waals surface area contributed by atoms with Crippen molar-refractivity contribution in [1.29, 1.82) is 0 Å². The first-order chi connectivity index (χ1) is 7.99. The molecular formula is C10H15N5OS. The first-order valence-electron chi connectivity index (χ1n) is 5.16. The first-order valence-corrected chi connectivity index (χ1v) is 5.57. The van der Waals surface area contributed by atoms with Gasteiger partial charge < -0.3 is 16.8 Å². The Morgan fingerprint density at radius 1 is 1.47 bits per heavy atom. The summed E-state index contributed by atoms with van der Waals surface area (Å²) >= 11 is 4.85. The molecule has 0 aliphatic rings. The highest BCUT2D eigenvalue weighted by molar-refractivity contribution is 7.80. The number of nitrogens with one attached hydrogen (secondary N) is 1. The van der Waals surface area contributed by atoms with E-state index in [1.54, 1.807) is 6.07 Å². The Morgan fingerprint density at radius 2 is 2.18 bits per heavy atom. The number of aryl methyl sites for hydroxylation is 1. The molecule has 0 spiro atoms. The molecule has 0 saturated heterocycles. The maximum Gasteiger partial charge on any atom is 0.223 e. The third-order valence-corrected chi connectivity index (χ3v) is 2.20. The van der Waals surface area contributed by atoms with Crippen LogP contribution < -0.4 is 16.8 Å². The molecule has 0 aliphatic carbocycles. The molecule has 1 heterocycles. The average Bonchev–Trinajstić information content (AvgIpc) is 2.23. The number of primary amides is 1.